The minimum atomic E-state index is 0.0339. The normalized spacial score (nSPS) is 16.2. The van der Waals surface area contributed by atoms with Gasteiger partial charge in [-0.15, -0.1) is 11.3 Å². The van der Waals surface area contributed by atoms with Crippen LogP contribution in [0.1, 0.15) is 45.1 Å². The third-order valence-electron chi connectivity index (χ3n) is 5.02. The summed E-state index contributed by atoms with van der Waals surface area (Å²) in [5.74, 6) is 0.762. The van der Waals surface area contributed by atoms with E-state index < -0.39 is 0 Å². The highest BCUT2D eigenvalue weighted by atomic mass is 32.1. The van der Waals surface area contributed by atoms with Crippen molar-refractivity contribution in [3.63, 3.8) is 0 Å². The first kappa shape index (κ1) is 17.2. The molecule has 0 aliphatic carbocycles. The van der Waals surface area contributed by atoms with Crippen LogP contribution in [-0.2, 0) is 0 Å². The number of carbonyl (C=O) groups excluding carboxylic acids is 1. The van der Waals surface area contributed by atoms with E-state index in [2.05, 4.69) is 34.7 Å². The van der Waals surface area contributed by atoms with Crippen LogP contribution in [0.2, 0.25) is 0 Å². The van der Waals surface area contributed by atoms with Gasteiger partial charge in [0.05, 0.1) is 0 Å². The Hall–Kier alpha value is -1.65. The van der Waals surface area contributed by atoms with Gasteiger partial charge >= 0.3 is 0 Å². The highest BCUT2D eigenvalue weighted by molar-refractivity contribution is 7.10. The number of thiophene rings is 1. The molecule has 0 unspecified atom stereocenters. The van der Waals surface area contributed by atoms with Gasteiger partial charge in [0.25, 0.3) is 5.91 Å². The fourth-order valence-corrected chi connectivity index (χ4v) is 4.18. The van der Waals surface area contributed by atoms with E-state index in [0.717, 1.165) is 37.7 Å². The molecular formula is C20H26N2OS. The molecule has 1 aliphatic rings. The molecule has 3 rings (SSSR count). The van der Waals surface area contributed by atoms with Gasteiger partial charge in [-0.3, -0.25) is 4.79 Å². The van der Waals surface area contributed by atoms with Crippen molar-refractivity contribution in [2.75, 3.05) is 26.2 Å². The molecule has 2 heterocycles. The third kappa shape index (κ3) is 4.25. The Kier molecular flexibility index (Phi) is 5.69. The zero-order valence-corrected chi connectivity index (χ0v) is 15.4. The molecule has 1 saturated heterocycles. The Morgan fingerprint density at radius 1 is 1.21 bits per heavy atom. The van der Waals surface area contributed by atoms with Crippen molar-refractivity contribution in [2.45, 2.75) is 32.6 Å². The number of hydrogen-bond donors (Lipinski definition) is 1. The molecule has 24 heavy (non-hydrogen) atoms. The number of piperidine rings is 1. The third-order valence-corrected chi connectivity index (χ3v) is 6.05. The van der Waals surface area contributed by atoms with Crippen LogP contribution in [0.25, 0.3) is 0 Å². The van der Waals surface area contributed by atoms with Crippen molar-refractivity contribution in [1.82, 2.24) is 10.2 Å². The zero-order chi connectivity index (χ0) is 16.9. The zero-order valence-electron chi connectivity index (χ0n) is 14.5. The lowest BCUT2D eigenvalue weighted by Gasteiger charge is -2.31. The van der Waals surface area contributed by atoms with Crippen molar-refractivity contribution in [1.29, 1.82) is 0 Å². The average molecular weight is 343 g/mol. The van der Waals surface area contributed by atoms with Crippen LogP contribution in [0.5, 0.6) is 0 Å². The summed E-state index contributed by atoms with van der Waals surface area (Å²) in [4.78, 5) is 16.2. The van der Waals surface area contributed by atoms with Crippen LogP contribution in [-0.4, -0.2) is 37.0 Å². The SMILES string of the molecule is Cc1ccc(C(=O)NCCN2CCC(c3cccs3)CC2)cc1C. The monoisotopic (exact) mass is 342 g/mol. The Bertz CT molecular complexity index is 673. The molecule has 1 N–H and O–H groups in total. The summed E-state index contributed by atoms with van der Waals surface area (Å²) in [5, 5.41) is 5.22. The van der Waals surface area contributed by atoms with Gasteiger partial charge in [0, 0.05) is 23.5 Å². The van der Waals surface area contributed by atoms with Gasteiger partial charge in [0.15, 0.2) is 0 Å². The largest absolute Gasteiger partial charge is 0.351 e. The van der Waals surface area contributed by atoms with E-state index in [1.807, 2.05) is 36.5 Å². The van der Waals surface area contributed by atoms with Gasteiger partial charge in [-0.2, -0.15) is 0 Å². The topological polar surface area (TPSA) is 32.3 Å². The summed E-state index contributed by atoms with van der Waals surface area (Å²) in [5.41, 5.74) is 3.15. The highest BCUT2D eigenvalue weighted by Crippen LogP contribution is 2.30. The first-order valence-corrected chi connectivity index (χ1v) is 9.62. The minimum absolute atomic E-state index is 0.0339. The number of nitrogens with one attached hydrogen (secondary N) is 1. The van der Waals surface area contributed by atoms with Crippen molar-refractivity contribution < 1.29 is 4.79 Å². The smallest absolute Gasteiger partial charge is 0.251 e. The Morgan fingerprint density at radius 3 is 2.67 bits per heavy atom. The van der Waals surface area contributed by atoms with E-state index in [9.17, 15) is 4.79 Å². The molecule has 0 saturated carbocycles. The standard InChI is InChI=1S/C20H26N2OS/c1-15-5-6-18(14-16(15)2)20(23)21-9-12-22-10-7-17(8-11-22)19-4-3-13-24-19/h3-6,13-14,17H,7-12H2,1-2H3,(H,21,23). The van der Waals surface area contributed by atoms with Crippen LogP contribution in [0.4, 0.5) is 0 Å². The number of carbonyl (C=O) groups is 1. The van der Waals surface area contributed by atoms with Gasteiger partial charge in [-0.25, -0.2) is 0 Å². The summed E-state index contributed by atoms with van der Waals surface area (Å²) >= 11 is 1.88. The molecule has 0 atom stereocenters. The van der Waals surface area contributed by atoms with Crippen molar-refractivity contribution in [2.24, 2.45) is 0 Å². The molecule has 2 aromatic rings. The first-order chi connectivity index (χ1) is 11.6. The van der Waals surface area contributed by atoms with Gasteiger partial charge in [0.1, 0.15) is 0 Å². The van der Waals surface area contributed by atoms with Crippen molar-refractivity contribution in [3.8, 4) is 0 Å². The minimum Gasteiger partial charge on any atom is -0.351 e. The molecule has 3 nitrogen and oxygen atoms in total. The number of hydrogen-bond acceptors (Lipinski definition) is 3. The second-order valence-corrected chi connectivity index (χ2v) is 7.67. The maximum Gasteiger partial charge on any atom is 0.251 e. The summed E-state index contributed by atoms with van der Waals surface area (Å²) < 4.78 is 0. The summed E-state index contributed by atoms with van der Waals surface area (Å²) in [7, 11) is 0. The van der Waals surface area contributed by atoms with Gasteiger partial charge < -0.3 is 10.2 Å². The number of likely N-dealkylation sites (tertiary alicyclic amines) is 1. The Morgan fingerprint density at radius 2 is 2.00 bits per heavy atom. The molecule has 1 aromatic heterocycles. The number of amides is 1. The Labute approximate surface area is 148 Å². The summed E-state index contributed by atoms with van der Waals surface area (Å²) in [6.45, 7) is 8.02. The average Bonchev–Trinajstić information content (AvgIpc) is 3.12. The molecule has 0 bridgehead atoms. The number of rotatable bonds is 5. The van der Waals surface area contributed by atoms with Crippen LogP contribution >= 0.6 is 11.3 Å². The van der Waals surface area contributed by atoms with Crippen molar-refractivity contribution in [3.05, 3.63) is 57.3 Å². The number of benzene rings is 1. The second-order valence-electron chi connectivity index (χ2n) is 6.69. The maximum absolute atomic E-state index is 12.2. The summed E-state index contributed by atoms with van der Waals surface area (Å²) in [6.07, 6.45) is 2.46. The van der Waals surface area contributed by atoms with E-state index >= 15 is 0 Å². The lowest BCUT2D eigenvalue weighted by Crippen LogP contribution is -2.39. The molecule has 1 aromatic carbocycles. The molecular weight excluding hydrogens is 316 g/mol. The van der Waals surface area contributed by atoms with E-state index in [4.69, 9.17) is 0 Å². The van der Waals surface area contributed by atoms with Gasteiger partial charge in [-0.1, -0.05) is 12.1 Å². The van der Waals surface area contributed by atoms with Gasteiger partial charge in [-0.05, 0) is 80.4 Å². The van der Waals surface area contributed by atoms with Gasteiger partial charge in [0.2, 0.25) is 0 Å². The molecule has 0 radical (unpaired) electrons. The molecule has 1 fully saturated rings. The van der Waals surface area contributed by atoms with Crippen LogP contribution in [0.15, 0.2) is 35.7 Å². The lowest BCUT2D eigenvalue weighted by atomic mass is 9.95. The Balaban J connectivity index is 1.41. The van der Waals surface area contributed by atoms with E-state index in [0.29, 0.717) is 0 Å². The van der Waals surface area contributed by atoms with Crippen LogP contribution in [0, 0.1) is 13.8 Å². The molecule has 1 aliphatic heterocycles. The maximum atomic E-state index is 12.2. The predicted molar refractivity (Wildman–Crippen MR) is 101 cm³/mol. The lowest BCUT2D eigenvalue weighted by molar-refractivity contribution is 0.0945. The molecule has 0 spiro atoms. The number of aryl methyl sites for hydroxylation is 2. The quantitative estimate of drug-likeness (QED) is 0.891. The van der Waals surface area contributed by atoms with E-state index in [1.54, 1.807) is 0 Å². The fourth-order valence-electron chi connectivity index (χ4n) is 3.28. The van der Waals surface area contributed by atoms with Crippen LogP contribution in [0.3, 0.4) is 0 Å². The second kappa shape index (κ2) is 7.95. The van der Waals surface area contributed by atoms with E-state index in [-0.39, 0.29) is 5.91 Å². The molecule has 4 heteroatoms. The van der Waals surface area contributed by atoms with Crippen molar-refractivity contribution >= 4 is 17.2 Å². The molecule has 128 valence electrons. The highest BCUT2D eigenvalue weighted by Gasteiger charge is 2.20. The fraction of sp³-hybridized carbons (Fsp3) is 0.450. The molecule has 1 amide bonds. The predicted octanol–water partition coefficient (Wildman–Crippen LogP) is 3.97. The number of nitrogens with zero attached hydrogens (tertiary/aromatic N) is 1. The first-order valence-electron chi connectivity index (χ1n) is 8.74. The van der Waals surface area contributed by atoms with E-state index in [1.165, 1.54) is 28.8 Å². The van der Waals surface area contributed by atoms with Crippen LogP contribution < -0.4 is 5.32 Å². The summed E-state index contributed by atoms with van der Waals surface area (Å²) in [6, 6.07) is 10.3.